The number of nitrogens with two attached hydrogens (primary N) is 1. The fraction of sp³-hybridized carbons (Fsp3) is 0.562. The van der Waals surface area contributed by atoms with Gasteiger partial charge in [0, 0.05) is 19.3 Å². The fourth-order valence-corrected chi connectivity index (χ4v) is 2.06. The molecular formula is C16H27N3O2. The Morgan fingerprint density at radius 3 is 2.48 bits per heavy atom. The number of primary amides is 1. The third kappa shape index (κ3) is 4.93. The largest absolute Gasteiger partial charge is 0.497 e. The lowest BCUT2D eigenvalue weighted by atomic mass is 9.96. The monoisotopic (exact) mass is 293 g/mol. The second-order valence-corrected chi connectivity index (χ2v) is 5.49. The highest BCUT2D eigenvalue weighted by atomic mass is 16.5. The summed E-state index contributed by atoms with van der Waals surface area (Å²) in [7, 11) is 3.65. The van der Waals surface area contributed by atoms with Crippen molar-refractivity contribution in [1.82, 2.24) is 5.32 Å². The van der Waals surface area contributed by atoms with Gasteiger partial charge < -0.3 is 20.7 Å². The van der Waals surface area contributed by atoms with Crippen LogP contribution in [0.15, 0.2) is 24.3 Å². The van der Waals surface area contributed by atoms with Crippen LogP contribution in [0.5, 0.6) is 5.75 Å². The Labute approximate surface area is 127 Å². The molecule has 1 atom stereocenters. The first-order chi connectivity index (χ1) is 9.92. The Bertz CT molecular complexity index is 447. The molecule has 0 aliphatic rings. The lowest BCUT2D eigenvalue weighted by Crippen LogP contribution is -2.54. The average Bonchev–Trinajstić information content (AvgIpc) is 2.50. The van der Waals surface area contributed by atoms with E-state index >= 15 is 0 Å². The topological polar surface area (TPSA) is 67.6 Å². The van der Waals surface area contributed by atoms with Crippen LogP contribution in [0.25, 0.3) is 0 Å². The first kappa shape index (κ1) is 17.3. The molecule has 118 valence electrons. The smallest absolute Gasteiger partial charge is 0.237 e. The van der Waals surface area contributed by atoms with Crippen LogP contribution in [0.1, 0.15) is 26.7 Å². The molecule has 0 aromatic heterocycles. The Morgan fingerprint density at radius 1 is 1.38 bits per heavy atom. The summed E-state index contributed by atoms with van der Waals surface area (Å²) >= 11 is 0. The molecule has 1 amide bonds. The van der Waals surface area contributed by atoms with Crippen molar-refractivity contribution in [3.63, 3.8) is 0 Å². The van der Waals surface area contributed by atoms with Crippen LogP contribution in [0.2, 0.25) is 0 Å². The van der Waals surface area contributed by atoms with Gasteiger partial charge in [-0.3, -0.25) is 4.79 Å². The summed E-state index contributed by atoms with van der Waals surface area (Å²) in [4.78, 5) is 13.8. The van der Waals surface area contributed by atoms with E-state index < -0.39 is 5.54 Å². The van der Waals surface area contributed by atoms with Gasteiger partial charge in [-0.1, -0.05) is 6.92 Å². The predicted octanol–water partition coefficient (Wildman–Crippen LogP) is 1.77. The zero-order valence-corrected chi connectivity index (χ0v) is 13.5. The van der Waals surface area contributed by atoms with E-state index in [2.05, 4.69) is 17.1 Å². The molecule has 1 unspecified atom stereocenters. The predicted molar refractivity (Wildman–Crippen MR) is 86.8 cm³/mol. The summed E-state index contributed by atoms with van der Waals surface area (Å²) in [5.74, 6) is 0.526. The molecule has 1 rings (SSSR count). The number of amides is 1. The maximum Gasteiger partial charge on any atom is 0.237 e. The summed E-state index contributed by atoms with van der Waals surface area (Å²) < 4.78 is 5.15. The van der Waals surface area contributed by atoms with Gasteiger partial charge in [-0.2, -0.15) is 0 Å². The number of benzene rings is 1. The minimum atomic E-state index is -0.670. The highest BCUT2D eigenvalue weighted by Gasteiger charge is 2.30. The molecule has 5 heteroatoms. The summed E-state index contributed by atoms with van der Waals surface area (Å²) in [6.07, 6.45) is 1.63. The standard InChI is InChI=1S/C16H27N3O2/c1-5-11-18-16(2,15(17)20)10-12-19(3)13-6-8-14(21-4)9-7-13/h6-9,18H,5,10-12H2,1-4H3,(H2,17,20). The number of carbonyl (C=O) groups excluding carboxylic acids is 1. The summed E-state index contributed by atoms with van der Waals surface area (Å²) in [6.45, 7) is 5.46. The van der Waals surface area contributed by atoms with Gasteiger partial charge in [0.25, 0.3) is 0 Å². The van der Waals surface area contributed by atoms with E-state index in [1.165, 1.54) is 0 Å². The van der Waals surface area contributed by atoms with Crippen molar-refractivity contribution < 1.29 is 9.53 Å². The van der Waals surface area contributed by atoms with Crippen LogP contribution in [-0.2, 0) is 4.79 Å². The van der Waals surface area contributed by atoms with Crippen LogP contribution in [0.3, 0.4) is 0 Å². The maximum atomic E-state index is 11.7. The van der Waals surface area contributed by atoms with Gasteiger partial charge in [-0.15, -0.1) is 0 Å². The first-order valence-electron chi connectivity index (χ1n) is 7.33. The Kier molecular flexibility index (Phi) is 6.49. The van der Waals surface area contributed by atoms with E-state index in [-0.39, 0.29) is 5.91 Å². The molecule has 21 heavy (non-hydrogen) atoms. The zero-order valence-electron chi connectivity index (χ0n) is 13.5. The van der Waals surface area contributed by atoms with Gasteiger partial charge in [0.15, 0.2) is 0 Å². The number of hydrogen-bond donors (Lipinski definition) is 2. The second kappa shape index (κ2) is 7.88. The third-order valence-corrected chi connectivity index (χ3v) is 3.77. The number of carbonyl (C=O) groups is 1. The van der Waals surface area contributed by atoms with Crippen molar-refractivity contribution in [1.29, 1.82) is 0 Å². The van der Waals surface area contributed by atoms with Crippen molar-refractivity contribution in [2.45, 2.75) is 32.2 Å². The number of hydrogen-bond acceptors (Lipinski definition) is 4. The van der Waals surface area contributed by atoms with Crippen LogP contribution in [-0.4, -0.2) is 38.7 Å². The Balaban J connectivity index is 2.63. The zero-order chi connectivity index (χ0) is 15.9. The molecule has 5 nitrogen and oxygen atoms in total. The van der Waals surface area contributed by atoms with Crippen LogP contribution in [0, 0.1) is 0 Å². The normalized spacial score (nSPS) is 13.5. The van der Waals surface area contributed by atoms with E-state index in [0.29, 0.717) is 6.42 Å². The summed E-state index contributed by atoms with van der Waals surface area (Å²) in [5, 5.41) is 3.25. The summed E-state index contributed by atoms with van der Waals surface area (Å²) in [5.41, 5.74) is 5.95. The Hall–Kier alpha value is -1.75. The van der Waals surface area contributed by atoms with Crippen molar-refractivity contribution in [2.75, 3.05) is 32.1 Å². The summed E-state index contributed by atoms with van der Waals surface area (Å²) in [6, 6.07) is 7.85. The molecule has 0 spiro atoms. The maximum absolute atomic E-state index is 11.7. The molecule has 0 radical (unpaired) electrons. The van der Waals surface area contributed by atoms with Gasteiger partial charge in [0.1, 0.15) is 5.75 Å². The minimum absolute atomic E-state index is 0.306. The average molecular weight is 293 g/mol. The number of nitrogens with zero attached hydrogens (tertiary/aromatic N) is 1. The fourth-order valence-electron chi connectivity index (χ4n) is 2.06. The molecule has 0 aliphatic heterocycles. The minimum Gasteiger partial charge on any atom is -0.497 e. The van der Waals surface area contributed by atoms with Crippen LogP contribution < -0.4 is 20.7 Å². The molecule has 0 saturated heterocycles. The number of anilines is 1. The lowest BCUT2D eigenvalue weighted by Gasteiger charge is -2.30. The highest BCUT2D eigenvalue weighted by molar-refractivity contribution is 5.84. The number of rotatable bonds is 9. The van der Waals surface area contributed by atoms with Crippen molar-refractivity contribution in [3.05, 3.63) is 24.3 Å². The van der Waals surface area contributed by atoms with E-state index in [9.17, 15) is 4.79 Å². The Morgan fingerprint density at radius 2 is 2.00 bits per heavy atom. The number of methoxy groups -OCH3 is 1. The molecule has 1 aromatic carbocycles. The van der Waals surface area contributed by atoms with Gasteiger partial charge in [-0.05, 0) is 50.6 Å². The molecule has 3 N–H and O–H groups in total. The molecule has 1 aromatic rings. The number of ether oxygens (including phenoxy) is 1. The molecule has 0 aliphatic carbocycles. The van der Waals surface area contributed by atoms with E-state index in [4.69, 9.17) is 10.5 Å². The van der Waals surface area contributed by atoms with E-state index in [1.54, 1.807) is 7.11 Å². The SMILES string of the molecule is CCCNC(C)(CCN(C)c1ccc(OC)cc1)C(N)=O. The van der Waals surface area contributed by atoms with Crippen molar-refractivity contribution >= 4 is 11.6 Å². The van der Waals surface area contributed by atoms with Crippen molar-refractivity contribution in [2.24, 2.45) is 5.73 Å². The highest BCUT2D eigenvalue weighted by Crippen LogP contribution is 2.19. The van der Waals surface area contributed by atoms with Crippen LogP contribution in [0.4, 0.5) is 5.69 Å². The van der Waals surface area contributed by atoms with Gasteiger partial charge in [0.2, 0.25) is 5.91 Å². The van der Waals surface area contributed by atoms with E-state index in [1.807, 2.05) is 38.2 Å². The van der Waals surface area contributed by atoms with Crippen LogP contribution >= 0.6 is 0 Å². The molecule has 0 saturated carbocycles. The van der Waals surface area contributed by atoms with Gasteiger partial charge in [-0.25, -0.2) is 0 Å². The first-order valence-corrected chi connectivity index (χ1v) is 7.33. The lowest BCUT2D eigenvalue weighted by molar-refractivity contribution is -0.124. The quantitative estimate of drug-likeness (QED) is 0.728. The molecular weight excluding hydrogens is 266 g/mol. The molecule has 0 fully saturated rings. The third-order valence-electron chi connectivity index (χ3n) is 3.77. The van der Waals surface area contributed by atoms with Crippen molar-refractivity contribution in [3.8, 4) is 5.75 Å². The van der Waals surface area contributed by atoms with E-state index in [0.717, 1.165) is 30.9 Å². The number of nitrogens with one attached hydrogen (secondary N) is 1. The van der Waals surface area contributed by atoms with Gasteiger partial charge >= 0.3 is 0 Å². The molecule has 0 bridgehead atoms. The molecule has 0 heterocycles. The second-order valence-electron chi connectivity index (χ2n) is 5.49. The van der Waals surface area contributed by atoms with Gasteiger partial charge in [0.05, 0.1) is 12.6 Å².